The highest BCUT2D eigenvalue weighted by molar-refractivity contribution is 7.91. The number of aromatic nitrogens is 2. The van der Waals surface area contributed by atoms with Crippen molar-refractivity contribution in [3.05, 3.63) is 77.3 Å². The Bertz CT molecular complexity index is 1400. The minimum atomic E-state index is -3.91. The first-order valence-electron chi connectivity index (χ1n) is 8.86. The number of fused-ring (bicyclic) bond motifs is 1. The maximum atomic E-state index is 12.9. The number of sulfonamides is 1. The molecular weight excluding hydrogens is 438 g/mol. The summed E-state index contributed by atoms with van der Waals surface area (Å²) in [6.07, 6.45) is 1.63. The summed E-state index contributed by atoms with van der Waals surface area (Å²) in [5.74, 6) is -1.24. The van der Waals surface area contributed by atoms with Gasteiger partial charge in [0.05, 0.1) is 28.0 Å². The smallest absolute Gasteiger partial charge is 0.267 e. The molecule has 0 bridgehead atoms. The number of hydrazine groups is 1. The molecule has 0 fully saturated rings. The van der Waals surface area contributed by atoms with Gasteiger partial charge in [0.25, 0.3) is 11.8 Å². The summed E-state index contributed by atoms with van der Waals surface area (Å²) in [5, 5.41) is 6.99. The Kier molecular flexibility index (Phi) is 5.46. The minimum Gasteiger partial charge on any atom is -0.267 e. The van der Waals surface area contributed by atoms with Gasteiger partial charge in [0.2, 0.25) is 10.0 Å². The van der Waals surface area contributed by atoms with E-state index in [2.05, 4.69) is 20.8 Å². The Morgan fingerprint density at radius 1 is 0.935 bits per heavy atom. The quantitative estimate of drug-likeness (QED) is 0.404. The van der Waals surface area contributed by atoms with Crippen molar-refractivity contribution in [3.63, 3.8) is 0 Å². The molecule has 0 spiro atoms. The van der Waals surface area contributed by atoms with Crippen LogP contribution in [0, 0.1) is 0 Å². The number of nitrogens with zero attached hydrogens (tertiary/aromatic N) is 2. The van der Waals surface area contributed by atoms with E-state index in [9.17, 15) is 18.0 Å². The molecule has 0 aliphatic heterocycles. The fourth-order valence-corrected chi connectivity index (χ4v) is 4.43. The van der Waals surface area contributed by atoms with E-state index >= 15 is 0 Å². The molecule has 9 nitrogen and oxygen atoms in total. The van der Waals surface area contributed by atoms with Gasteiger partial charge in [0.15, 0.2) is 0 Å². The molecule has 2 amide bonds. The molecule has 0 aliphatic carbocycles. The molecule has 31 heavy (non-hydrogen) atoms. The number of primary sulfonamides is 1. The third-order valence-electron chi connectivity index (χ3n) is 4.30. The molecule has 3 heterocycles. The molecular formula is C20H15N5O4S2. The molecule has 1 aromatic carbocycles. The van der Waals surface area contributed by atoms with Crippen molar-refractivity contribution in [1.82, 2.24) is 20.8 Å². The summed E-state index contributed by atoms with van der Waals surface area (Å²) in [4.78, 5) is 34.0. The standard InChI is InChI=1S/C20H15N5O4S2/c21-31(28,29)18-9-12(11-30-18)19(26)24-25-20(27)14-10-17(16-7-3-4-8-22-16)23-15-6-2-1-5-13(14)15/h1-11H,(H,24,26)(H,25,27)(H2,21,28,29). The number of pyridine rings is 2. The number of carbonyl (C=O) groups is 2. The van der Waals surface area contributed by atoms with Crippen molar-refractivity contribution in [2.45, 2.75) is 4.21 Å². The van der Waals surface area contributed by atoms with E-state index in [-0.39, 0.29) is 9.77 Å². The van der Waals surface area contributed by atoms with Crippen LogP contribution in [-0.2, 0) is 10.0 Å². The molecule has 11 heteroatoms. The predicted octanol–water partition coefficient (Wildman–Crippen LogP) is 2.08. The lowest BCUT2D eigenvalue weighted by Gasteiger charge is -2.11. The highest BCUT2D eigenvalue weighted by Crippen LogP contribution is 2.23. The molecule has 0 atom stereocenters. The summed E-state index contributed by atoms with van der Waals surface area (Å²) < 4.78 is 22.6. The lowest BCUT2D eigenvalue weighted by Crippen LogP contribution is -2.41. The van der Waals surface area contributed by atoms with Crippen molar-refractivity contribution in [3.8, 4) is 11.4 Å². The average Bonchev–Trinajstić information content (AvgIpc) is 3.28. The molecule has 156 valence electrons. The Morgan fingerprint density at radius 3 is 2.39 bits per heavy atom. The Morgan fingerprint density at radius 2 is 1.68 bits per heavy atom. The van der Waals surface area contributed by atoms with Crippen molar-refractivity contribution in [2.24, 2.45) is 5.14 Å². The summed E-state index contributed by atoms with van der Waals surface area (Å²) in [6.45, 7) is 0. The lowest BCUT2D eigenvalue weighted by molar-refractivity contribution is 0.0848. The number of carbonyl (C=O) groups excluding carboxylic acids is 2. The van der Waals surface area contributed by atoms with Gasteiger partial charge < -0.3 is 0 Å². The molecule has 0 saturated carbocycles. The van der Waals surface area contributed by atoms with E-state index in [4.69, 9.17) is 5.14 Å². The number of amides is 2. The van der Waals surface area contributed by atoms with Gasteiger partial charge in [-0.2, -0.15) is 0 Å². The molecule has 4 N–H and O–H groups in total. The third-order valence-corrected chi connectivity index (χ3v) is 6.68. The number of nitrogens with two attached hydrogens (primary N) is 1. The van der Waals surface area contributed by atoms with E-state index in [0.29, 0.717) is 27.9 Å². The summed E-state index contributed by atoms with van der Waals surface area (Å²) in [5.41, 5.74) is 6.69. The molecule has 4 aromatic rings. The van der Waals surface area contributed by atoms with Crippen LogP contribution in [0.15, 0.2) is 70.4 Å². The van der Waals surface area contributed by atoms with Gasteiger partial charge in [0, 0.05) is 17.0 Å². The number of rotatable bonds is 4. The first kappa shape index (κ1) is 20.6. The number of benzene rings is 1. The van der Waals surface area contributed by atoms with Gasteiger partial charge in [-0.15, -0.1) is 11.3 Å². The molecule has 0 saturated heterocycles. The van der Waals surface area contributed by atoms with Crippen LogP contribution in [-0.4, -0.2) is 30.2 Å². The zero-order valence-corrected chi connectivity index (χ0v) is 17.4. The first-order chi connectivity index (χ1) is 14.8. The zero-order valence-electron chi connectivity index (χ0n) is 15.8. The zero-order chi connectivity index (χ0) is 22.0. The van der Waals surface area contributed by atoms with Crippen molar-refractivity contribution in [2.75, 3.05) is 0 Å². The van der Waals surface area contributed by atoms with Gasteiger partial charge in [-0.05, 0) is 30.3 Å². The van der Waals surface area contributed by atoms with E-state index in [1.165, 1.54) is 5.38 Å². The fraction of sp³-hybridized carbons (Fsp3) is 0. The number of hydrogen-bond donors (Lipinski definition) is 3. The lowest BCUT2D eigenvalue weighted by atomic mass is 10.1. The number of para-hydroxylation sites is 1. The first-order valence-corrected chi connectivity index (χ1v) is 11.3. The van der Waals surface area contributed by atoms with E-state index < -0.39 is 21.8 Å². The van der Waals surface area contributed by atoms with Crippen LogP contribution in [0.2, 0.25) is 0 Å². The maximum Gasteiger partial charge on any atom is 0.270 e. The number of thiophene rings is 1. The van der Waals surface area contributed by atoms with Crippen LogP contribution >= 0.6 is 11.3 Å². The molecule has 0 aliphatic rings. The fourth-order valence-electron chi connectivity index (χ4n) is 2.85. The SMILES string of the molecule is NS(=O)(=O)c1cc(C(=O)NNC(=O)c2cc(-c3ccccn3)nc3ccccc23)cs1. The number of hydrogen-bond acceptors (Lipinski definition) is 7. The van der Waals surface area contributed by atoms with Crippen molar-refractivity contribution in [1.29, 1.82) is 0 Å². The third kappa shape index (κ3) is 4.43. The second-order valence-electron chi connectivity index (χ2n) is 6.39. The largest absolute Gasteiger partial charge is 0.270 e. The predicted molar refractivity (Wildman–Crippen MR) is 116 cm³/mol. The maximum absolute atomic E-state index is 12.9. The van der Waals surface area contributed by atoms with Gasteiger partial charge in [0.1, 0.15) is 4.21 Å². The van der Waals surface area contributed by atoms with Crippen LogP contribution in [0.25, 0.3) is 22.3 Å². The van der Waals surface area contributed by atoms with Crippen molar-refractivity contribution < 1.29 is 18.0 Å². The van der Waals surface area contributed by atoms with Gasteiger partial charge >= 0.3 is 0 Å². The van der Waals surface area contributed by atoms with Crippen LogP contribution in [0.1, 0.15) is 20.7 Å². The topological polar surface area (TPSA) is 144 Å². The van der Waals surface area contributed by atoms with E-state index in [1.807, 2.05) is 6.07 Å². The highest BCUT2D eigenvalue weighted by atomic mass is 32.2. The average molecular weight is 454 g/mol. The van der Waals surface area contributed by atoms with Crippen LogP contribution < -0.4 is 16.0 Å². The Hall–Kier alpha value is -3.67. The van der Waals surface area contributed by atoms with Gasteiger partial charge in [-0.25, -0.2) is 18.5 Å². The Balaban J connectivity index is 1.60. The van der Waals surface area contributed by atoms with E-state index in [0.717, 1.165) is 17.4 Å². The van der Waals surface area contributed by atoms with Crippen LogP contribution in [0.5, 0.6) is 0 Å². The van der Waals surface area contributed by atoms with Crippen LogP contribution in [0.4, 0.5) is 0 Å². The molecule has 0 radical (unpaired) electrons. The highest BCUT2D eigenvalue weighted by Gasteiger charge is 2.18. The van der Waals surface area contributed by atoms with Gasteiger partial charge in [-0.3, -0.25) is 25.4 Å². The van der Waals surface area contributed by atoms with Gasteiger partial charge in [-0.1, -0.05) is 24.3 Å². The second kappa shape index (κ2) is 8.22. The molecule has 3 aromatic heterocycles. The summed E-state index contributed by atoms with van der Waals surface area (Å²) in [7, 11) is -3.91. The normalized spacial score (nSPS) is 11.3. The monoisotopic (exact) mass is 453 g/mol. The van der Waals surface area contributed by atoms with Crippen LogP contribution in [0.3, 0.4) is 0 Å². The summed E-state index contributed by atoms with van der Waals surface area (Å²) in [6, 6.07) is 15.2. The van der Waals surface area contributed by atoms with E-state index in [1.54, 1.807) is 48.7 Å². The second-order valence-corrected chi connectivity index (χ2v) is 9.09. The number of nitrogens with one attached hydrogen (secondary N) is 2. The Labute approximate surface area is 181 Å². The minimum absolute atomic E-state index is 0.0584. The summed E-state index contributed by atoms with van der Waals surface area (Å²) >= 11 is 0.815. The molecule has 0 unspecified atom stereocenters. The van der Waals surface area contributed by atoms with Crippen molar-refractivity contribution >= 4 is 44.1 Å². The molecule has 4 rings (SSSR count).